The smallest absolute Gasteiger partial charge is 0.204 e. The first kappa shape index (κ1) is 14.6. The van der Waals surface area contributed by atoms with E-state index in [-0.39, 0.29) is 0 Å². The Bertz CT molecular complexity index is 634. The van der Waals surface area contributed by atoms with Gasteiger partial charge in [0, 0.05) is 12.2 Å². The number of benzene rings is 1. The second-order valence-electron chi connectivity index (χ2n) is 4.35. The molecule has 0 atom stereocenters. The fourth-order valence-corrected chi connectivity index (χ4v) is 1.79. The number of methoxy groups -OCH3 is 1. The molecule has 1 aromatic carbocycles. The first-order chi connectivity index (χ1) is 10.3. The molecule has 0 saturated heterocycles. The van der Waals surface area contributed by atoms with Crippen molar-refractivity contribution in [1.82, 2.24) is 9.97 Å². The number of nitriles is 1. The zero-order valence-corrected chi connectivity index (χ0v) is 12.1. The Morgan fingerprint density at radius 2 is 1.90 bits per heavy atom. The highest BCUT2D eigenvalue weighted by Gasteiger charge is 2.11. The molecular weight excluding hydrogens is 266 g/mol. The minimum Gasteiger partial charge on any atom is -0.490 e. The maximum absolute atomic E-state index is 8.80. The molecule has 2 N–H and O–H groups in total. The fourth-order valence-electron chi connectivity index (χ4n) is 1.79. The SMILES string of the molecule is CCCNc1ncnc(Nc2ccc(C#N)cc2)c1OC. The number of hydrogen-bond donors (Lipinski definition) is 2. The predicted octanol–water partition coefficient (Wildman–Crippen LogP) is 2.92. The number of nitrogens with zero attached hydrogens (tertiary/aromatic N) is 3. The Balaban J connectivity index is 2.24. The largest absolute Gasteiger partial charge is 0.490 e. The predicted molar refractivity (Wildman–Crippen MR) is 81.8 cm³/mol. The molecule has 2 rings (SSSR count). The molecule has 1 heterocycles. The van der Waals surface area contributed by atoms with E-state index in [4.69, 9.17) is 10.00 Å². The molecule has 1 aromatic heterocycles. The van der Waals surface area contributed by atoms with Gasteiger partial charge >= 0.3 is 0 Å². The van der Waals surface area contributed by atoms with Crippen LogP contribution in [0.5, 0.6) is 5.75 Å². The van der Waals surface area contributed by atoms with Crippen LogP contribution >= 0.6 is 0 Å². The van der Waals surface area contributed by atoms with E-state index in [9.17, 15) is 0 Å². The van der Waals surface area contributed by atoms with E-state index < -0.39 is 0 Å². The lowest BCUT2D eigenvalue weighted by atomic mass is 10.2. The van der Waals surface area contributed by atoms with Crippen molar-refractivity contribution >= 4 is 17.3 Å². The average molecular weight is 283 g/mol. The van der Waals surface area contributed by atoms with E-state index in [2.05, 4.69) is 33.6 Å². The quantitative estimate of drug-likeness (QED) is 0.848. The van der Waals surface area contributed by atoms with Crippen LogP contribution in [0.25, 0.3) is 0 Å². The summed E-state index contributed by atoms with van der Waals surface area (Å²) < 4.78 is 5.39. The molecule has 0 fully saturated rings. The number of hydrogen-bond acceptors (Lipinski definition) is 6. The lowest BCUT2D eigenvalue weighted by molar-refractivity contribution is 0.415. The molecule has 0 bridgehead atoms. The maximum atomic E-state index is 8.80. The number of rotatable bonds is 6. The number of ether oxygens (including phenoxy) is 1. The highest BCUT2D eigenvalue weighted by atomic mass is 16.5. The van der Waals surface area contributed by atoms with Gasteiger partial charge in [0.05, 0.1) is 18.7 Å². The summed E-state index contributed by atoms with van der Waals surface area (Å²) in [7, 11) is 1.58. The van der Waals surface area contributed by atoms with Crippen molar-refractivity contribution < 1.29 is 4.74 Å². The summed E-state index contributed by atoms with van der Waals surface area (Å²) >= 11 is 0. The molecule has 21 heavy (non-hydrogen) atoms. The third-order valence-electron chi connectivity index (χ3n) is 2.83. The van der Waals surface area contributed by atoms with Crippen molar-refractivity contribution in [3.63, 3.8) is 0 Å². The summed E-state index contributed by atoms with van der Waals surface area (Å²) in [6, 6.07) is 9.21. The van der Waals surface area contributed by atoms with Gasteiger partial charge in [-0.05, 0) is 30.7 Å². The molecule has 0 radical (unpaired) electrons. The fraction of sp³-hybridized carbons (Fsp3) is 0.267. The van der Waals surface area contributed by atoms with E-state index in [0.29, 0.717) is 22.9 Å². The summed E-state index contributed by atoms with van der Waals surface area (Å²) in [5, 5.41) is 15.2. The number of anilines is 3. The Kier molecular flexibility index (Phi) is 4.94. The molecule has 0 aliphatic carbocycles. The van der Waals surface area contributed by atoms with Crippen LogP contribution in [-0.2, 0) is 0 Å². The molecule has 0 aliphatic heterocycles. The number of nitrogens with one attached hydrogen (secondary N) is 2. The minimum atomic E-state index is 0.565. The van der Waals surface area contributed by atoms with Gasteiger partial charge in [0.15, 0.2) is 11.6 Å². The molecule has 0 unspecified atom stereocenters. The van der Waals surface area contributed by atoms with Crippen LogP contribution in [0.15, 0.2) is 30.6 Å². The molecule has 0 amide bonds. The van der Waals surface area contributed by atoms with Gasteiger partial charge in [0.1, 0.15) is 6.33 Å². The number of aromatic nitrogens is 2. The van der Waals surface area contributed by atoms with Crippen LogP contribution in [0.1, 0.15) is 18.9 Å². The summed E-state index contributed by atoms with van der Waals surface area (Å²) in [4.78, 5) is 8.39. The van der Waals surface area contributed by atoms with Crippen molar-refractivity contribution in [3.8, 4) is 11.8 Å². The summed E-state index contributed by atoms with van der Waals surface area (Å²) in [6.07, 6.45) is 2.47. The third-order valence-corrected chi connectivity index (χ3v) is 2.83. The van der Waals surface area contributed by atoms with Crippen molar-refractivity contribution in [2.45, 2.75) is 13.3 Å². The van der Waals surface area contributed by atoms with Gasteiger partial charge in [-0.2, -0.15) is 5.26 Å². The van der Waals surface area contributed by atoms with E-state index in [1.165, 1.54) is 6.33 Å². The highest BCUT2D eigenvalue weighted by molar-refractivity contribution is 5.69. The van der Waals surface area contributed by atoms with E-state index in [0.717, 1.165) is 18.7 Å². The summed E-state index contributed by atoms with van der Waals surface area (Å²) in [5.74, 6) is 1.80. The Hall–Kier alpha value is -2.81. The van der Waals surface area contributed by atoms with Gasteiger partial charge in [-0.15, -0.1) is 0 Å². The molecule has 0 saturated carbocycles. The third kappa shape index (κ3) is 3.60. The Morgan fingerprint density at radius 1 is 1.19 bits per heavy atom. The van der Waals surface area contributed by atoms with Gasteiger partial charge in [0.25, 0.3) is 0 Å². The van der Waals surface area contributed by atoms with Gasteiger partial charge in [-0.25, -0.2) is 9.97 Å². The summed E-state index contributed by atoms with van der Waals surface area (Å²) in [5.41, 5.74) is 1.44. The van der Waals surface area contributed by atoms with Crippen molar-refractivity contribution in [2.24, 2.45) is 0 Å². The second kappa shape index (κ2) is 7.10. The summed E-state index contributed by atoms with van der Waals surface area (Å²) in [6.45, 7) is 2.89. The van der Waals surface area contributed by atoms with Crippen LogP contribution < -0.4 is 15.4 Å². The lowest BCUT2D eigenvalue weighted by Gasteiger charge is -2.13. The van der Waals surface area contributed by atoms with Crippen LogP contribution in [0.4, 0.5) is 17.3 Å². The highest BCUT2D eigenvalue weighted by Crippen LogP contribution is 2.31. The standard InChI is InChI=1S/C15H17N5O/c1-3-8-17-14-13(21-2)15(19-10-18-14)20-12-6-4-11(9-16)5-7-12/h4-7,10H,3,8H2,1-2H3,(H2,17,18,19,20). The Labute approximate surface area is 123 Å². The second-order valence-corrected chi connectivity index (χ2v) is 4.35. The van der Waals surface area contributed by atoms with Crippen LogP contribution in [-0.4, -0.2) is 23.6 Å². The van der Waals surface area contributed by atoms with Crippen LogP contribution in [0, 0.1) is 11.3 Å². The van der Waals surface area contributed by atoms with Gasteiger partial charge < -0.3 is 15.4 Å². The zero-order chi connectivity index (χ0) is 15.1. The van der Waals surface area contributed by atoms with Crippen molar-refractivity contribution in [1.29, 1.82) is 5.26 Å². The topological polar surface area (TPSA) is 82.9 Å². The van der Waals surface area contributed by atoms with E-state index in [1.807, 2.05) is 12.1 Å². The molecule has 108 valence electrons. The average Bonchev–Trinajstić information content (AvgIpc) is 2.53. The van der Waals surface area contributed by atoms with Crippen molar-refractivity contribution in [3.05, 3.63) is 36.2 Å². The Morgan fingerprint density at radius 3 is 2.52 bits per heavy atom. The maximum Gasteiger partial charge on any atom is 0.204 e. The van der Waals surface area contributed by atoms with Gasteiger partial charge in [0.2, 0.25) is 5.75 Å². The van der Waals surface area contributed by atoms with Gasteiger partial charge in [-0.1, -0.05) is 6.92 Å². The van der Waals surface area contributed by atoms with Crippen LogP contribution in [0.3, 0.4) is 0 Å². The molecule has 2 aromatic rings. The molecule has 0 spiro atoms. The van der Waals surface area contributed by atoms with E-state index in [1.54, 1.807) is 19.2 Å². The normalized spacial score (nSPS) is 9.76. The van der Waals surface area contributed by atoms with Gasteiger partial charge in [-0.3, -0.25) is 0 Å². The first-order valence-electron chi connectivity index (χ1n) is 6.68. The first-order valence-corrected chi connectivity index (χ1v) is 6.68. The van der Waals surface area contributed by atoms with Crippen LogP contribution in [0.2, 0.25) is 0 Å². The minimum absolute atomic E-state index is 0.565. The van der Waals surface area contributed by atoms with E-state index >= 15 is 0 Å². The molecule has 6 nitrogen and oxygen atoms in total. The zero-order valence-electron chi connectivity index (χ0n) is 12.1. The molecule has 0 aliphatic rings. The van der Waals surface area contributed by atoms with Crippen molar-refractivity contribution in [2.75, 3.05) is 24.3 Å². The molecular formula is C15H17N5O. The lowest BCUT2D eigenvalue weighted by Crippen LogP contribution is -2.07. The molecule has 6 heteroatoms. The monoisotopic (exact) mass is 283 g/mol.